The van der Waals surface area contributed by atoms with E-state index in [2.05, 4.69) is 22.1 Å². The first-order valence-corrected chi connectivity index (χ1v) is 11.7. The molecule has 1 atom stereocenters. The van der Waals surface area contributed by atoms with E-state index in [9.17, 15) is 18.4 Å². The number of carbonyl (C=O) groups excluding carboxylic acids is 2. The number of halogens is 2. The third-order valence-electron chi connectivity index (χ3n) is 6.88. The molecule has 4 rings (SSSR count). The molecule has 3 amide bonds. The van der Waals surface area contributed by atoms with Crippen molar-refractivity contribution in [3.8, 4) is 11.8 Å². The van der Waals surface area contributed by atoms with E-state index in [1.165, 1.54) is 17.0 Å². The van der Waals surface area contributed by atoms with Crippen LogP contribution in [0, 0.1) is 29.4 Å². The van der Waals surface area contributed by atoms with Gasteiger partial charge in [-0.15, -0.1) is 5.92 Å². The first kappa shape index (κ1) is 23.9. The van der Waals surface area contributed by atoms with Gasteiger partial charge in [-0.25, -0.2) is 13.6 Å². The molecule has 0 unspecified atom stereocenters. The third kappa shape index (κ3) is 5.13. The van der Waals surface area contributed by atoms with Crippen molar-refractivity contribution < 1.29 is 18.4 Å². The maximum Gasteiger partial charge on any atom is 0.325 e. The molecule has 7 heteroatoms. The fraction of sp³-hybridized carbons (Fsp3) is 0.407. The van der Waals surface area contributed by atoms with Gasteiger partial charge >= 0.3 is 6.03 Å². The molecule has 5 nitrogen and oxygen atoms in total. The monoisotopic (exact) mass is 465 g/mol. The van der Waals surface area contributed by atoms with E-state index >= 15 is 0 Å². The summed E-state index contributed by atoms with van der Waals surface area (Å²) in [7, 11) is 0. The molecule has 2 fully saturated rings. The predicted octanol–water partition coefficient (Wildman–Crippen LogP) is 4.12. The molecule has 178 valence electrons. The molecule has 0 aromatic heterocycles. The van der Waals surface area contributed by atoms with Crippen LogP contribution in [0.3, 0.4) is 0 Å². The molecule has 2 aliphatic heterocycles. The minimum Gasteiger partial charge on any atom is -0.323 e. The highest BCUT2D eigenvalue weighted by Crippen LogP contribution is 2.37. The number of rotatable bonds is 7. The normalized spacial score (nSPS) is 21.3. The van der Waals surface area contributed by atoms with Crippen LogP contribution in [-0.2, 0) is 17.8 Å². The second-order valence-electron chi connectivity index (χ2n) is 9.03. The summed E-state index contributed by atoms with van der Waals surface area (Å²) in [5.74, 6) is 4.18. The van der Waals surface area contributed by atoms with Crippen molar-refractivity contribution in [3.63, 3.8) is 0 Å². The molecule has 2 aromatic carbocycles. The number of hydrogen-bond acceptors (Lipinski definition) is 3. The molecule has 0 saturated carbocycles. The summed E-state index contributed by atoms with van der Waals surface area (Å²) in [4.78, 5) is 29.7. The van der Waals surface area contributed by atoms with Gasteiger partial charge in [0.1, 0.15) is 17.2 Å². The Balaban J connectivity index is 1.49. The van der Waals surface area contributed by atoms with Crippen LogP contribution >= 0.6 is 0 Å². The first-order chi connectivity index (χ1) is 16.4. The maximum absolute atomic E-state index is 13.6. The standard InChI is InChI=1S/C27H29F2N3O2/c1-2-3-13-32-25(33)27(30-26(32)34,12-9-20-7-5-4-6-8-20)22-10-14-31(15-11-22)19-21-16-23(28)18-24(29)17-21/h4-8,16-18,22H,9-15,19H2,1H3,(H,30,34)/t27-/m1/s1. The number of benzene rings is 2. The first-order valence-electron chi connectivity index (χ1n) is 11.7. The minimum atomic E-state index is -0.973. The molecule has 0 spiro atoms. The molecule has 2 aliphatic rings. The number of aryl methyl sites for hydroxylation is 1. The fourth-order valence-corrected chi connectivity index (χ4v) is 5.13. The smallest absolute Gasteiger partial charge is 0.323 e. The Morgan fingerprint density at radius 3 is 2.35 bits per heavy atom. The van der Waals surface area contributed by atoms with Crippen LogP contribution in [0.5, 0.6) is 0 Å². The van der Waals surface area contributed by atoms with E-state index in [1.54, 1.807) is 6.92 Å². The molecule has 0 bridgehead atoms. The summed E-state index contributed by atoms with van der Waals surface area (Å²) in [6, 6.07) is 13.1. The van der Waals surface area contributed by atoms with Crippen molar-refractivity contribution >= 4 is 11.9 Å². The number of imide groups is 1. The van der Waals surface area contributed by atoms with Gasteiger partial charge in [0.15, 0.2) is 0 Å². The minimum absolute atomic E-state index is 0.0345. The quantitative estimate of drug-likeness (QED) is 0.494. The molecule has 0 radical (unpaired) electrons. The zero-order chi connectivity index (χ0) is 24.1. The lowest BCUT2D eigenvalue weighted by atomic mass is 9.74. The Hall–Kier alpha value is -3.24. The molecule has 2 saturated heterocycles. The van der Waals surface area contributed by atoms with Crippen molar-refractivity contribution in [2.75, 3.05) is 19.6 Å². The second-order valence-corrected chi connectivity index (χ2v) is 9.03. The highest BCUT2D eigenvalue weighted by atomic mass is 19.1. The van der Waals surface area contributed by atoms with Crippen molar-refractivity contribution in [2.24, 2.45) is 5.92 Å². The summed E-state index contributed by atoms with van der Waals surface area (Å²) >= 11 is 0. The SMILES string of the molecule is CC#CCN1C(=O)N[C@](CCc2ccccc2)(C2CCN(Cc3cc(F)cc(F)c3)CC2)C1=O. The lowest BCUT2D eigenvalue weighted by Crippen LogP contribution is -2.56. The van der Waals surface area contributed by atoms with Crippen LogP contribution in [0.25, 0.3) is 0 Å². The van der Waals surface area contributed by atoms with Crippen molar-refractivity contribution in [1.82, 2.24) is 15.1 Å². The zero-order valence-corrected chi connectivity index (χ0v) is 19.3. The zero-order valence-electron chi connectivity index (χ0n) is 19.3. The number of hydrogen-bond donors (Lipinski definition) is 1. The van der Waals surface area contributed by atoms with Gasteiger partial charge in [0, 0.05) is 12.6 Å². The Morgan fingerprint density at radius 2 is 1.71 bits per heavy atom. The average molecular weight is 466 g/mol. The van der Waals surface area contributed by atoms with Crippen LogP contribution in [-0.4, -0.2) is 46.9 Å². The Morgan fingerprint density at radius 1 is 1.03 bits per heavy atom. The summed E-state index contributed by atoms with van der Waals surface area (Å²) < 4.78 is 27.2. The van der Waals surface area contributed by atoms with Crippen LogP contribution in [0.15, 0.2) is 48.5 Å². The molecule has 34 heavy (non-hydrogen) atoms. The van der Waals surface area contributed by atoms with Gasteiger partial charge in [-0.1, -0.05) is 36.3 Å². The maximum atomic E-state index is 13.6. The van der Waals surface area contributed by atoms with Crippen LogP contribution in [0.2, 0.25) is 0 Å². The molecule has 2 aromatic rings. The second kappa shape index (κ2) is 10.4. The summed E-state index contributed by atoms with van der Waals surface area (Å²) in [5.41, 5.74) is 0.727. The third-order valence-corrected chi connectivity index (χ3v) is 6.88. The van der Waals surface area contributed by atoms with Gasteiger partial charge in [0.25, 0.3) is 5.91 Å². The Labute approximate surface area is 199 Å². The number of likely N-dealkylation sites (tertiary alicyclic amines) is 1. The van der Waals surface area contributed by atoms with Crippen LogP contribution in [0.1, 0.15) is 37.3 Å². The lowest BCUT2D eigenvalue weighted by Gasteiger charge is -2.41. The molecule has 1 N–H and O–H groups in total. The fourth-order valence-electron chi connectivity index (χ4n) is 5.13. The van der Waals surface area contributed by atoms with Gasteiger partial charge in [-0.05, 0) is 74.9 Å². The molecule has 2 heterocycles. The average Bonchev–Trinajstić information content (AvgIpc) is 3.06. The number of piperidine rings is 1. The number of nitrogens with one attached hydrogen (secondary N) is 1. The van der Waals surface area contributed by atoms with Gasteiger partial charge < -0.3 is 5.32 Å². The van der Waals surface area contributed by atoms with E-state index in [4.69, 9.17) is 0 Å². The topological polar surface area (TPSA) is 52.7 Å². The van der Waals surface area contributed by atoms with Crippen LogP contribution < -0.4 is 5.32 Å². The van der Waals surface area contributed by atoms with E-state index in [1.807, 2.05) is 30.3 Å². The van der Waals surface area contributed by atoms with Crippen LogP contribution in [0.4, 0.5) is 13.6 Å². The van der Waals surface area contributed by atoms with E-state index in [0.29, 0.717) is 50.9 Å². The largest absolute Gasteiger partial charge is 0.325 e. The van der Waals surface area contributed by atoms with Crippen molar-refractivity contribution in [2.45, 2.75) is 44.7 Å². The summed E-state index contributed by atoms with van der Waals surface area (Å²) in [6.07, 6.45) is 2.58. The van der Waals surface area contributed by atoms with E-state index in [-0.39, 0.29) is 18.4 Å². The number of carbonyl (C=O) groups is 2. The highest BCUT2D eigenvalue weighted by Gasteiger charge is 2.55. The summed E-state index contributed by atoms with van der Waals surface area (Å²) in [5, 5.41) is 3.05. The molecular weight excluding hydrogens is 436 g/mol. The van der Waals surface area contributed by atoms with Gasteiger partial charge in [-0.3, -0.25) is 14.6 Å². The lowest BCUT2D eigenvalue weighted by molar-refractivity contribution is -0.134. The predicted molar refractivity (Wildman–Crippen MR) is 126 cm³/mol. The molecular formula is C27H29F2N3O2. The van der Waals surface area contributed by atoms with Gasteiger partial charge in [-0.2, -0.15) is 0 Å². The molecule has 0 aliphatic carbocycles. The summed E-state index contributed by atoms with van der Waals surface area (Å²) in [6.45, 7) is 3.55. The highest BCUT2D eigenvalue weighted by molar-refractivity contribution is 6.07. The Bertz CT molecular complexity index is 1080. The van der Waals surface area contributed by atoms with Crippen molar-refractivity contribution in [1.29, 1.82) is 0 Å². The Kier molecular flexibility index (Phi) is 7.28. The number of nitrogens with zero attached hydrogens (tertiary/aromatic N) is 2. The number of urea groups is 1. The van der Waals surface area contributed by atoms with E-state index in [0.717, 1.165) is 11.6 Å². The van der Waals surface area contributed by atoms with E-state index < -0.39 is 23.2 Å². The number of amides is 3. The van der Waals surface area contributed by atoms with Gasteiger partial charge in [0.2, 0.25) is 0 Å². The van der Waals surface area contributed by atoms with Gasteiger partial charge in [0.05, 0.1) is 6.54 Å². The van der Waals surface area contributed by atoms with Crippen molar-refractivity contribution in [3.05, 3.63) is 71.3 Å².